The van der Waals surface area contributed by atoms with E-state index in [9.17, 15) is 43.2 Å². The number of hydrogen-bond acceptors (Lipinski definition) is 18. The van der Waals surface area contributed by atoms with Crippen LogP contribution in [0.2, 0.25) is 0 Å². The molecule has 2 aliphatic rings. The molecule has 88 heavy (non-hydrogen) atoms. The van der Waals surface area contributed by atoms with E-state index in [2.05, 4.69) is 39.7 Å². The number of amides is 7. The molecule has 4 atom stereocenters. The number of methoxy groups -OCH3 is 2. The predicted molar refractivity (Wildman–Crippen MR) is 325 cm³/mol. The molecule has 0 saturated carbocycles. The molecule has 2 unspecified atom stereocenters. The van der Waals surface area contributed by atoms with Crippen LogP contribution in [0.15, 0.2) is 122 Å². The second-order valence-electron chi connectivity index (χ2n) is 20.2. The van der Waals surface area contributed by atoms with Crippen molar-refractivity contribution < 1.29 is 85.8 Å². The number of carbonyl (C=O) groups is 9. The lowest BCUT2D eigenvalue weighted by molar-refractivity contribution is -0.143. The van der Waals surface area contributed by atoms with Crippen LogP contribution in [0.1, 0.15) is 94.0 Å². The van der Waals surface area contributed by atoms with Gasteiger partial charge in [0.1, 0.15) is 45.1 Å². The summed E-state index contributed by atoms with van der Waals surface area (Å²) in [5.74, 6) is -3.16. The number of hydrogen-bond donors (Lipinski definition) is 5. The summed E-state index contributed by atoms with van der Waals surface area (Å²) in [7, 11) is 2.75. The van der Waals surface area contributed by atoms with Crippen LogP contribution < -0.4 is 45.5 Å². The molecule has 5 N–H and O–H groups in total. The number of rotatable bonds is 30. The normalized spacial score (nSPS) is 15.0. The summed E-state index contributed by atoms with van der Waals surface area (Å²) in [5.41, 5.74) is 2.43. The van der Waals surface area contributed by atoms with Crippen molar-refractivity contribution >= 4 is 70.9 Å². The summed E-state index contributed by atoms with van der Waals surface area (Å²) in [6.45, 7) is 17.5. The second-order valence-corrected chi connectivity index (χ2v) is 20.2. The van der Waals surface area contributed by atoms with Crippen LogP contribution in [0, 0.1) is 5.92 Å². The Balaban J connectivity index is 1.34. The molecule has 3 aromatic carbocycles. The van der Waals surface area contributed by atoms with E-state index in [1.54, 1.807) is 50.5 Å². The third-order valence-electron chi connectivity index (χ3n) is 13.1. The number of nitrogens with one attached hydrogen (secondary N) is 5. The maximum absolute atomic E-state index is 14.6. The Morgan fingerprint density at radius 2 is 1.06 bits per heavy atom. The summed E-state index contributed by atoms with van der Waals surface area (Å²) >= 11 is 0. The van der Waals surface area contributed by atoms with E-state index >= 15 is 0 Å². The van der Waals surface area contributed by atoms with Gasteiger partial charge in [0, 0.05) is 50.5 Å². The smallest absolute Gasteiger partial charge is 0.411 e. The maximum Gasteiger partial charge on any atom is 0.411 e. The fraction of sp³-hybridized carbons (Fsp3) is 0.381. The molecular formula is C63H77N7O18. The number of allylic oxidation sites excluding steroid dienone is 4. The number of esters is 2. The third-order valence-corrected chi connectivity index (χ3v) is 13.1. The molecule has 0 fully saturated rings. The fourth-order valence-electron chi connectivity index (χ4n) is 8.86. The highest BCUT2D eigenvalue weighted by atomic mass is 16.6. The van der Waals surface area contributed by atoms with Crippen LogP contribution in [-0.2, 0) is 49.5 Å². The minimum absolute atomic E-state index is 0.00885. The predicted octanol–water partition coefficient (Wildman–Crippen LogP) is 8.89. The summed E-state index contributed by atoms with van der Waals surface area (Å²) in [6, 6.07) is 8.82. The standard InChI is InChI=1S/C63H77N7O18/c1-12-17-43-27-46(36-86-40(8)71)69(33-43)59(75)48-29-52(80-10)54(31-50(48)66-61(77)84-23-14-3)82-25-16-26-83-55-32-51(49(30-53(55)81-11)60(76)70-34-44(18-13-2)28-47(70)37-87-41(9)72)67-62(78)88-35-42-19-21-45(22-20-42)65-57(73)39(7)64-58(74)56(38(5)6)68-63(79)85-24-15-4/h12-15,17-22,29-34,38-39,46-47,56H,3-4,16,23-28,35-37H2,1-2,5-11H3,(H,64,74)(H,65,73)(H,66,77)(H,67,78)(H,68,79)/b17-12+,18-13+/t39?,46-,47-,56?/m0/s1. The van der Waals surface area contributed by atoms with E-state index in [1.807, 2.05) is 38.2 Å². The largest absolute Gasteiger partial charge is 0.493 e. The first-order valence-electron chi connectivity index (χ1n) is 28.1. The molecule has 0 spiro atoms. The third kappa shape index (κ3) is 20.3. The Kier molecular flexibility index (Phi) is 26.7. The van der Waals surface area contributed by atoms with Gasteiger partial charge in [0.05, 0.1) is 62.0 Å². The van der Waals surface area contributed by atoms with Gasteiger partial charge in [-0.15, -0.1) is 0 Å². The Hall–Kier alpha value is -10.1. The van der Waals surface area contributed by atoms with Gasteiger partial charge in [0.15, 0.2) is 23.0 Å². The van der Waals surface area contributed by atoms with Crippen molar-refractivity contribution in [1.82, 2.24) is 20.4 Å². The number of nitrogens with zero attached hydrogens (tertiary/aromatic N) is 2. The quantitative estimate of drug-likeness (QED) is 0.0180. The molecule has 2 aliphatic heterocycles. The van der Waals surface area contributed by atoms with Gasteiger partial charge in [0.2, 0.25) is 11.8 Å². The Morgan fingerprint density at radius 3 is 1.49 bits per heavy atom. The monoisotopic (exact) mass is 1220 g/mol. The van der Waals surface area contributed by atoms with E-state index in [1.165, 1.54) is 81.2 Å². The van der Waals surface area contributed by atoms with Gasteiger partial charge < -0.3 is 68.4 Å². The topological polar surface area (TPSA) is 303 Å². The lowest BCUT2D eigenvalue weighted by atomic mass is 10.0. The van der Waals surface area contributed by atoms with Gasteiger partial charge in [-0.2, -0.15) is 0 Å². The average molecular weight is 1220 g/mol. The number of alkyl carbamates (subject to hydrolysis) is 1. The van der Waals surface area contributed by atoms with Gasteiger partial charge in [-0.25, -0.2) is 14.4 Å². The van der Waals surface area contributed by atoms with Crippen molar-refractivity contribution in [3.8, 4) is 23.0 Å². The highest BCUT2D eigenvalue weighted by molar-refractivity contribution is 6.05. The molecule has 0 bridgehead atoms. The van der Waals surface area contributed by atoms with Gasteiger partial charge >= 0.3 is 30.2 Å². The van der Waals surface area contributed by atoms with Crippen LogP contribution in [-0.4, -0.2) is 142 Å². The van der Waals surface area contributed by atoms with E-state index < -0.39 is 78.0 Å². The Labute approximate surface area is 511 Å². The van der Waals surface area contributed by atoms with Crippen molar-refractivity contribution in [3.63, 3.8) is 0 Å². The molecule has 25 nitrogen and oxygen atoms in total. The fourth-order valence-corrected chi connectivity index (χ4v) is 8.86. The molecule has 25 heteroatoms. The van der Waals surface area contributed by atoms with Crippen molar-refractivity contribution in [2.45, 2.75) is 98.5 Å². The van der Waals surface area contributed by atoms with Crippen LogP contribution in [0.4, 0.5) is 31.4 Å². The van der Waals surface area contributed by atoms with Crippen LogP contribution >= 0.6 is 0 Å². The second kappa shape index (κ2) is 34.2. The zero-order valence-corrected chi connectivity index (χ0v) is 50.9. The zero-order valence-electron chi connectivity index (χ0n) is 50.9. The lowest BCUT2D eigenvalue weighted by Gasteiger charge is -2.25. The number of anilines is 3. The summed E-state index contributed by atoms with van der Waals surface area (Å²) in [6.07, 6.45) is 11.7. The first-order chi connectivity index (χ1) is 42.1. The molecule has 472 valence electrons. The van der Waals surface area contributed by atoms with Gasteiger partial charge in [0.25, 0.3) is 11.8 Å². The molecule has 0 aliphatic carbocycles. The highest BCUT2D eigenvalue weighted by Gasteiger charge is 2.35. The minimum Gasteiger partial charge on any atom is -0.493 e. The number of benzene rings is 3. The molecule has 0 aromatic heterocycles. The van der Waals surface area contributed by atoms with Crippen molar-refractivity contribution in [2.24, 2.45) is 5.92 Å². The Morgan fingerprint density at radius 1 is 0.591 bits per heavy atom. The van der Waals surface area contributed by atoms with Crippen molar-refractivity contribution in [3.05, 3.63) is 138 Å². The molecule has 0 saturated heterocycles. The molecule has 3 aromatic rings. The van der Waals surface area contributed by atoms with Gasteiger partial charge in [-0.3, -0.25) is 39.4 Å². The average Bonchev–Trinajstić information content (AvgIpc) is 3.01. The molecule has 7 amide bonds. The van der Waals surface area contributed by atoms with E-state index in [0.29, 0.717) is 24.1 Å². The maximum atomic E-state index is 14.6. The van der Waals surface area contributed by atoms with Crippen LogP contribution in [0.25, 0.3) is 0 Å². The lowest BCUT2D eigenvalue weighted by Crippen LogP contribution is -2.53. The van der Waals surface area contributed by atoms with Crippen LogP contribution in [0.5, 0.6) is 23.0 Å². The summed E-state index contributed by atoms with van der Waals surface area (Å²) < 4.78 is 50.1. The first-order valence-corrected chi connectivity index (χ1v) is 28.1. The van der Waals surface area contributed by atoms with E-state index in [0.717, 1.165) is 11.1 Å². The SMILES string of the molecule is C=CCOC(=O)Nc1cc(OCCCOc2cc(NC(=O)OCc3ccc(NC(=O)C(C)NC(=O)C(NC(=O)OCC=C)C(C)C)cc3)c(C(=O)N3C=C(/C=C/C)C[C@H]3COC(C)=O)cc2OC)c(OC)cc1C(=O)N1C=C(/C=C/C)C[C@H]1COC(C)=O. The highest BCUT2D eigenvalue weighted by Crippen LogP contribution is 2.39. The first kappa shape index (κ1) is 68.7. The molecular weight excluding hydrogens is 1140 g/mol. The Bertz CT molecular complexity index is 3170. The van der Waals surface area contributed by atoms with Crippen molar-refractivity contribution in [2.75, 3.05) is 69.8 Å². The minimum atomic E-state index is -1.01. The molecule has 2 heterocycles. The molecule has 5 rings (SSSR count). The van der Waals surface area contributed by atoms with E-state index in [4.69, 9.17) is 42.6 Å². The number of carbonyl (C=O) groups excluding carboxylic acids is 9. The molecule has 0 radical (unpaired) electrons. The van der Waals surface area contributed by atoms with Crippen molar-refractivity contribution in [1.29, 1.82) is 0 Å². The number of ether oxygens (including phenoxy) is 9. The summed E-state index contributed by atoms with van der Waals surface area (Å²) in [5, 5.41) is 13.1. The van der Waals surface area contributed by atoms with Gasteiger partial charge in [-0.05, 0) is 80.5 Å². The van der Waals surface area contributed by atoms with Crippen LogP contribution in [0.3, 0.4) is 0 Å². The van der Waals surface area contributed by atoms with Gasteiger partial charge in [-0.1, -0.05) is 75.6 Å². The van der Waals surface area contributed by atoms with E-state index in [-0.39, 0.29) is 104 Å². The summed E-state index contributed by atoms with van der Waals surface area (Å²) in [4.78, 5) is 120. The zero-order chi connectivity index (χ0) is 64.5.